The van der Waals surface area contributed by atoms with E-state index in [1.165, 1.54) is 0 Å². The number of anilines is 1. The second-order valence-electron chi connectivity index (χ2n) is 4.27. The molecule has 2 N–H and O–H groups in total. The lowest BCUT2D eigenvalue weighted by molar-refractivity contribution is 0.185. The maximum absolute atomic E-state index is 6.12. The highest BCUT2D eigenvalue weighted by molar-refractivity contribution is 5.71. The summed E-state index contributed by atoms with van der Waals surface area (Å²) in [5.41, 5.74) is 9.17. The fourth-order valence-electron chi connectivity index (χ4n) is 2.12. The predicted molar refractivity (Wildman–Crippen MR) is 73.2 cm³/mol. The van der Waals surface area contributed by atoms with Gasteiger partial charge in [0.25, 0.3) is 0 Å². The van der Waals surface area contributed by atoms with Crippen molar-refractivity contribution in [2.45, 2.75) is 27.0 Å². The van der Waals surface area contributed by atoms with Gasteiger partial charge >= 0.3 is 0 Å². The van der Waals surface area contributed by atoms with Gasteiger partial charge in [0.1, 0.15) is 17.3 Å². The van der Waals surface area contributed by atoms with Gasteiger partial charge in [0.15, 0.2) is 0 Å². The molecule has 0 aliphatic rings. The number of aryl methyl sites for hydroxylation is 1. The van der Waals surface area contributed by atoms with Gasteiger partial charge in [-0.3, -0.25) is 0 Å². The van der Waals surface area contributed by atoms with Crippen LogP contribution in [0.25, 0.3) is 11.3 Å². The molecule has 0 bridgehead atoms. The van der Waals surface area contributed by atoms with Crippen molar-refractivity contribution in [1.82, 2.24) is 9.55 Å². The van der Waals surface area contributed by atoms with Gasteiger partial charge in [-0.2, -0.15) is 0 Å². The smallest absolute Gasteiger partial charge is 0.131 e. The maximum Gasteiger partial charge on any atom is 0.131 e. The van der Waals surface area contributed by atoms with Crippen LogP contribution in [0.1, 0.15) is 18.3 Å². The molecule has 2 aromatic rings. The second kappa shape index (κ2) is 5.23. The SMILES string of the molecule is CCn1c(C)nc(-c2ccc(COC)cc2)c1N. The zero-order chi connectivity index (χ0) is 13.1. The third-order valence-electron chi connectivity index (χ3n) is 3.05. The first kappa shape index (κ1) is 12.6. The van der Waals surface area contributed by atoms with Crippen LogP contribution in [0.4, 0.5) is 5.82 Å². The summed E-state index contributed by atoms with van der Waals surface area (Å²) in [6, 6.07) is 8.15. The number of nitrogens with two attached hydrogens (primary N) is 1. The minimum Gasteiger partial charge on any atom is -0.383 e. The van der Waals surface area contributed by atoms with Crippen molar-refractivity contribution in [3.8, 4) is 11.3 Å². The molecule has 96 valence electrons. The van der Waals surface area contributed by atoms with Crippen LogP contribution in [0.3, 0.4) is 0 Å². The molecule has 2 rings (SSSR count). The minimum atomic E-state index is 0.623. The standard InChI is InChI=1S/C14H19N3O/c1-4-17-10(2)16-13(14(17)15)12-7-5-11(6-8-12)9-18-3/h5-8H,4,9,15H2,1-3H3. The lowest BCUT2D eigenvalue weighted by atomic mass is 10.1. The lowest BCUT2D eigenvalue weighted by Gasteiger charge is -2.04. The molecule has 0 aliphatic heterocycles. The highest BCUT2D eigenvalue weighted by atomic mass is 16.5. The number of nitrogen functional groups attached to an aromatic ring is 1. The van der Waals surface area contributed by atoms with E-state index in [1.807, 2.05) is 35.8 Å². The van der Waals surface area contributed by atoms with Gasteiger partial charge in [-0.15, -0.1) is 0 Å². The molecule has 4 nitrogen and oxygen atoms in total. The zero-order valence-electron chi connectivity index (χ0n) is 11.1. The van der Waals surface area contributed by atoms with Crippen LogP contribution in [0, 0.1) is 6.92 Å². The maximum atomic E-state index is 6.12. The number of benzene rings is 1. The Bertz CT molecular complexity index is 529. The van der Waals surface area contributed by atoms with Gasteiger partial charge in [-0.1, -0.05) is 24.3 Å². The van der Waals surface area contributed by atoms with Crippen molar-refractivity contribution in [3.05, 3.63) is 35.7 Å². The first-order chi connectivity index (χ1) is 8.67. The molecule has 1 heterocycles. The van der Waals surface area contributed by atoms with E-state index in [0.717, 1.165) is 35.0 Å². The predicted octanol–water partition coefficient (Wildman–Crippen LogP) is 2.61. The monoisotopic (exact) mass is 245 g/mol. The zero-order valence-corrected chi connectivity index (χ0v) is 11.1. The topological polar surface area (TPSA) is 53.1 Å². The van der Waals surface area contributed by atoms with E-state index in [1.54, 1.807) is 7.11 Å². The van der Waals surface area contributed by atoms with E-state index in [4.69, 9.17) is 10.5 Å². The lowest BCUT2D eigenvalue weighted by Crippen LogP contribution is -2.02. The molecule has 1 aromatic heterocycles. The summed E-state index contributed by atoms with van der Waals surface area (Å²) in [5, 5.41) is 0. The Morgan fingerprint density at radius 2 is 1.94 bits per heavy atom. The summed E-state index contributed by atoms with van der Waals surface area (Å²) in [6.07, 6.45) is 0. The number of hydrogen-bond donors (Lipinski definition) is 1. The molecule has 0 atom stereocenters. The van der Waals surface area contributed by atoms with E-state index in [0.29, 0.717) is 6.61 Å². The Hall–Kier alpha value is -1.81. The van der Waals surface area contributed by atoms with Crippen molar-refractivity contribution in [2.75, 3.05) is 12.8 Å². The first-order valence-electron chi connectivity index (χ1n) is 6.08. The van der Waals surface area contributed by atoms with Crippen LogP contribution < -0.4 is 5.73 Å². The molecule has 4 heteroatoms. The van der Waals surface area contributed by atoms with E-state index in [9.17, 15) is 0 Å². The van der Waals surface area contributed by atoms with Crippen molar-refractivity contribution in [2.24, 2.45) is 0 Å². The quantitative estimate of drug-likeness (QED) is 0.900. The number of rotatable bonds is 4. The molecular weight excluding hydrogens is 226 g/mol. The number of methoxy groups -OCH3 is 1. The van der Waals surface area contributed by atoms with E-state index < -0.39 is 0 Å². The Balaban J connectivity index is 2.36. The molecular formula is C14H19N3O. The molecule has 0 radical (unpaired) electrons. The summed E-state index contributed by atoms with van der Waals surface area (Å²) in [7, 11) is 1.69. The Morgan fingerprint density at radius 1 is 1.28 bits per heavy atom. The average Bonchev–Trinajstić information content (AvgIpc) is 2.66. The average molecular weight is 245 g/mol. The number of aromatic nitrogens is 2. The summed E-state index contributed by atoms with van der Waals surface area (Å²) in [4.78, 5) is 4.53. The first-order valence-corrected chi connectivity index (χ1v) is 6.08. The molecule has 0 spiro atoms. The van der Waals surface area contributed by atoms with Crippen molar-refractivity contribution < 1.29 is 4.74 Å². The van der Waals surface area contributed by atoms with Gasteiger partial charge in [-0.05, 0) is 19.4 Å². The van der Waals surface area contributed by atoms with Crippen molar-refractivity contribution >= 4 is 5.82 Å². The Kier molecular flexibility index (Phi) is 3.67. The van der Waals surface area contributed by atoms with Gasteiger partial charge < -0.3 is 15.0 Å². The van der Waals surface area contributed by atoms with Gasteiger partial charge in [0.2, 0.25) is 0 Å². The number of nitrogens with zero attached hydrogens (tertiary/aromatic N) is 2. The van der Waals surface area contributed by atoms with Gasteiger partial charge in [-0.25, -0.2) is 4.98 Å². The summed E-state index contributed by atoms with van der Waals surface area (Å²) < 4.78 is 7.11. The highest BCUT2D eigenvalue weighted by Crippen LogP contribution is 2.26. The second-order valence-corrected chi connectivity index (χ2v) is 4.27. The molecule has 0 aliphatic carbocycles. The van der Waals surface area contributed by atoms with Crippen LogP contribution >= 0.6 is 0 Å². The summed E-state index contributed by atoms with van der Waals surface area (Å²) in [6.45, 7) is 5.50. The van der Waals surface area contributed by atoms with E-state index >= 15 is 0 Å². The molecule has 0 amide bonds. The van der Waals surface area contributed by atoms with E-state index in [-0.39, 0.29) is 0 Å². The van der Waals surface area contributed by atoms with Crippen molar-refractivity contribution in [1.29, 1.82) is 0 Å². The fraction of sp³-hybridized carbons (Fsp3) is 0.357. The molecule has 0 fully saturated rings. The van der Waals surface area contributed by atoms with Gasteiger partial charge in [0.05, 0.1) is 6.61 Å². The van der Waals surface area contributed by atoms with Crippen LogP contribution in [0.5, 0.6) is 0 Å². The molecule has 0 saturated carbocycles. The van der Waals surface area contributed by atoms with Crippen LogP contribution in [-0.2, 0) is 17.9 Å². The normalized spacial score (nSPS) is 10.8. The number of hydrogen-bond acceptors (Lipinski definition) is 3. The molecule has 18 heavy (non-hydrogen) atoms. The highest BCUT2D eigenvalue weighted by Gasteiger charge is 2.12. The van der Waals surface area contributed by atoms with Crippen LogP contribution in [0.2, 0.25) is 0 Å². The van der Waals surface area contributed by atoms with E-state index in [2.05, 4.69) is 11.9 Å². The largest absolute Gasteiger partial charge is 0.383 e. The summed E-state index contributed by atoms with van der Waals surface area (Å²) >= 11 is 0. The molecule has 1 aromatic carbocycles. The summed E-state index contributed by atoms with van der Waals surface area (Å²) in [5.74, 6) is 1.68. The fourth-order valence-corrected chi connectivity index (χ4v) is 2.12. The third kappa shape index (κ3) is 2.24. The number of imidazole rings is 1. The van der Waals surface area contributed by atoms with Gasteiger partial charge in [0, 0.05) is 19.2 Å². The third-order valence-corrected chi connectivity index (χ3v) is 3.05. The molecule has 0 saturated heterocycles. The Labute approximate surface area is 107 Å². The Morgan fingerprint density at radius 3 is 2.44 bits per heavy atom. The van der Waals surface area contributed by atoms with Crippen LogP contribution in [0.15, 0.2) is 24.3 Å². The van der Waals surface area contributed by atoms with Crippen LogP contribution in [-0.4, -0.2) is 16.7 Å². The number of ether oxygens (including phenoxy) is 1. The minimum absolute atomic E-state index is 0.623. The van der Waals surface area contributed by atoms with Crippen molar-refractivity contribution in [3.63, 3.8) is 0 Å². The molecule has 0 unspecified atom stereocenters.